The Kier molecular flexibility index (Phi) is 4.66. The summed E-state index contributed by atoms with van der Waals surface area (Å²) in [5.41, 5.74) is 11.5. The van der Waals surface area contributed by atoms with Crippen molar-refractivity contribution >= 4 is 17.2 Å². The zero-order valence-electron chi connectivity index (χ0n) is 15.4. The van der Waals surface area contributed by atoms with Gasteiger partial charge >= 0.3 is 0 Å². The number of aromatic nitrogens is 1. The molecule has 140 valence electrons. The number of rotatable bonds is 5. The van der Waals surface area contributed by atoms with E-state index in [2.05, 4.69) is 51.0 Å². The van der Waals surface area contributed by atoms with Crippen molar-refractivity contribution in [2.24, 2.45) is 16.9 Å². The Hall–Kier alpha value is -2.72. The third-order valence-corrected chi connectivity index (χ3v) is 4.93. The number of allylic oxidation sites excluding steroid dienone is 2. The third kappa shape index (κ3) is 3.71. The van der Waals surface area contributed by atoms with Crippen LogP contribution in [-0.2, 0) is 4.79 Å². The number of nitrogens with one attached hydrogen (secondary N) is 2. The van der Waals surface area contributed by atoms with Gasteiger partial charge in [0.15, 0.2) is 0 Å². The Morgan fingerprint density at radius 2 is 2.22 bits per heavy atom. The summed E-state index contributed by atoms with van der Waals surface area (Å²) in [5.74, 6) is -0.147. The highest BCUT2D eigenvalue weighted by molar-refractivity contribution is 6.41. The monoisotopic (exact) mass is 367 g/mol. The molecule has 0 radical (unpaired) electrons. The summed E-state index contributed by atoms with van der Waals surface area (Å²) in [6.07, 6.45) is 3.27. The van der Waals surface area contributed by atoms with Crippen molar-refractivity contribution in [3.63, 3.8) is 0 Å². The molecule has 0 aromatic carbocycles. The number of halogens is 1. The van der Waals surface area contributed by atoms with Gasteiger partial charge in [-0.3, -0.25) is 20.1 Å². The molecule has 0 spiro atoms. The molecule has 1 aromatic rings. The van der Waals surface area contributed by atoms with Crippen LogP contribution in [0.15, 0.2) is 40.7 Å². The first kappa shape index (κ1) is 17.7. The Morgan fingerprint density at radius 1 is 1.41 bits per heavy atom. The Morgan fingerprint density at radius 3 is 2.96 bits per heavy atom. The van der Waals surface area contributed by atoms with Gasteiger partial charge in [-0.05, 0) is 24.1 Å². The van der Waals surface area contributed by atoms with Gasteiger partial charge in [0.05, 0.1) is 23.9 Å². The van der Waals surface area contributed by atoms with Crippen LogP contribution < -0.4 is 10.7 Å². The first-order valence-corrected chi connectivity index (χ1v) is 9.22. The Bertz CT molecular complexity index is 903. The third-order valence-electron chi connectivity index (χ3n) is 4.93. The molecular formula is C20H22FN5O. The zero-order chi connectivity index (χ0) is 19.0. The van der Waals surface area contributed by atoms with E-state index in [0.717, 1.165) is 37.1 Å². The number of nitrogens with zero attached hydrogens (tertiary/aromatic N) is 3. The fourth-order valence-corrected chi connectivity index (χ4v) is 3.69. The molecule has 6 nitrogen and oxygen atoms in total. The van der Waals surface area contributed by atoms with E-state index in [1.165, 1.54) is 6.07 Å². The number of carbonyl (C=O) groups is 1. The first-order chi connectivity index (χ1) is 13.0. The van der Waals surface area contributed by atoms with Crippen molar-refractivity contribution in [2.45, 2.75) is 26.3 Å². The standard InChI is InChI=1S/C20H22FN5O/c1-12(2)9-26-10-16(11-26)23-20(27)19-17-6-13(3-4-18(17)24-25-19)14-5-15(21)8-22-7-14/h5,7-8,12,16-17,24H,6,9-11H2,1-2H3,(H,23,27). The number of hydrogen-bond donors (Lipinski definition) is 2. The van der Waals surface area contributed by atoms with Gasteiger partial charge in [0.25, 0.3) is 5.91 Å². The van der Waals surface area contributed by atoms with Crippen LogP contribution in [-0.4, -0.2) is 47.2 Å². The maximum atomic E-state index is 13.5. The molecule has 7 heteroatoms. The predicted octanol–water partition coefficient (Wildman–Crippen LogP) is 1.68. The Balaban J connectivity index is 1.40. The summed E-state index contributed by atoms with van der Waals surface area (Å²) in [5, 5.41) is 7.27. The van der Waals surface area contributed by atoms with Gasteiger partial charge < -0.3 is 5.32 Å². The summed E-state index contributed by atoms with van der Waals surface area (Å²) >= 11 is 0. The number of amides is 1. The topological polar surface area (TPSA) is 69.6 Å². The van der Waals surface area contributed by atoms with Crippen LogP contribution in [0.3, 0.4) is 0 Å². The van der Waals surface area contributed by atoms with Crippen LogP contribution >= 0.6 is 0 Å². The number of hydrogen-bond acceptors (Lipinski definition) is 5. The van der Waals surface area contributed by atoms with Crippen molar-refractivity contribution in [3.8, 4) is 0 Å². The van der Waals surface area contributed by atoms with Gasteiger partial charge in [-0.15, -0.1) is 0 Å². The van der Waals surface area contributed by atoms with Crippen molar-refractivity contribution in [2.75, 3.05) is 19.6 Å². The van der Waals surface area contributed by atoms with E-state index in [1.54, 1.807) is 6.20 Å². The average molecular weight is 367 g/mol. The smallest absolute Gasteiger partial charge is 0.268 e. The summed E-state index contributed by atoms with van der Waals surface area (Å²) < 4.78 is 13.5. The van der Waals surface area contributed by atoms with E-state index >= 15 is 0 Å². The largest absolute Gasteiger partial charge is 0.346 e. The molecule has 1 amide bonds. The molecule has 3 heterocycles. The second-order valence-corrected chi connectivity index (χ2v) is 7.68. The average Bonchev–Trinajstić information content (AvgIpc) is 3.02. The second-order valence-electron chi connectivity index (χ2n) is 7.68. The number of hydrazone groups is 1. The SMILES string of the molecule is CC(C)CN1CC(NC(=O)C2=NNC3=C=C=C(c4cncc(F)c4)CC32)C1. The second kappa shape index (κ2) is 7.12. The summed E-state index contributed by atoms with van der Waals surface area (Å²) in [6, 6.07) is 1.58. The summed E-state index contributed by atoms with van der Waals surface area (Å²) in [4.78, 5) is 18.9. The lowest BCUT2D eigenvalue weighted by Gasteiger charge is -2.40. The molecule has 1 aliphatic carbocycles. The maximum absolute atomic E-state index is 13.5. The van der Waals surface area contributed by atoms with E-state index in [-0.39, 0.29) is 17.9 Å². The number of likely N-dealkylation sites (tertiary alicyclic amines) is 1. The van der Waals surface area contributed by atoms with E-state index in [4.69, 9.17) is 0 Å². The first-order valence-electron chi connectivity index (χ1n) is 9.22. The molecule has 0 bridgehead atoms. The minimum absolute atomic E-state index is 0.155. The van der Waals surface area contributed by atoms with Crippen molar-refractivity contribution in [1.29, 1.82) is 0 Å². The van der Waals surface area contributed by atoms with Crippen molar-refractivity contribution in [3.05, 3.63) is 47.0 Å². The molecule has 2 aliphatic heterocycles. The molecular weight excluding hydrogens is 345 g/mol. The summed E-state index contributed by atoms with van der Waals surface area (Å²) in [6.45, 7) is 7.17. The fraction of sp³-hybridized carbons (Fsp3) is 0.450. The quantitative estimate of drug-likeness (QED) is 0.777. The molecule has 1 saturated heterocycles. The van der Waals surface area contributed by atoms with E-state index in [1.807, 2.05) is 0 Å². The molecule has 0 saturated carbocycles. The maximum Gasteiger partial charge on any atom is 0.268 e. The van der Waals surface area contributed by atoms with Crippen LogP contribution in [0.4, 0.5) is 4.39 Å². The predicted molar refractivity (Wildman–Crippen MR) is 100 cm³/mol. The number of carbonyl (C=O) groups excluding carboxylic acids is 1. The van der Waals surface area contributed by atoms with Crippen LogP contribution in [0.5, 0.6) is 0 Å². The molecule has 1 atom stereocenters. The lowest BCUT2D eigenvalue weighted by Crippen LogP contribution is -2.60. The lowest BCUT2D eigenvalue weighted by molar-refractivity contribution is -0.116. The molecule has 2 N–H and O–H groups in total. The highest BCUT2D eigenvalue weighted by Crippen LogP contribution is 2.31. The normalized spacial score (nSPS) is 21.8. The minimum atomic E-state index is -0.399. The van der Waals surface area contributed by atoms with Gasteiger partial charge in [-0.2, -0.15) is 5.10 Å². The van der Waals surface area contributed by atoms with E-state index in [0.29, 0.717) is 23.6 Å². The molecule has 1 unspecified atom stereocenters. The number of pyridine rings is 1. The molecule has 4 rings (SSSR count). The van der Waals surface area contributed by atoms with E-state index < -0.39 is 5.82 Å². The van der Waals surface area contributed by atoms with Gasteiger partial charge in [-0.1, -0.05) is 19.6 Å². The van der Waals surface area contributed by atoms with Crippen molar-refractivity contribution < 1.29 is 9.18 Å². The lowest BCUT2D eigenvalue weighted by atomic mass is 9.87. The van der Waals surface area contributed by atoms with Gasteiger partial charge in [0.2, 0.25) is 0 Å². The number of fused-ring (bicyclic) bond motifs is 1. The van der Waals surface area contributed by atoms with Crippen LogP contribution in [0.1, 0.15) is 25.8 Å². The fourth-order valence-electron chi connectivity index (χ4n) is 3.69. The van der Waals surface area contributed by atoms with Gasteiger partial charge in [0.1, 0.15) is 11.5 Å². The Labute approximate surface area is 157 Å². The highest BCUT2D eigenvalue weighted by Gasteiger charge is 2.36. The zero-order valence-corrected chi connectivity index (χ0v) is 15.4. The van der Waals surface area contributed by atoms with Crippen LogP contribution in [0, 0.1) is 17.7 Å². The van der Waals surface area contributed by atoms with Gasteiger partial charge in [-0.25, -0.2) is 4.39 Å². The van der Waals surface area contributed by atoms with E-state index in [9.17, 15) is 9.18 Å². The summed E-state index contributed by atoms with van der Waals surface area (Å²) in [7, 11) is 0. The molecule has 3 aliphatic rings. The minimum Gasteiger partial charge on any atom is -0.346 e. The van der Waals surface area contributed by atoms with Crippen LogP contribution in [0.25, 0.3) is 5.57 Å². The molecule has 1 aromatic heterocycles. The van der Waals surface area contributed by atoms with Crippen LogP contribution in [0.2, 0.25) is 0 Å². The highest BCUT2D eigenvalue weighted by atomic mass is 19.1. The molecule has 27 heavy (non-hydrogen) atoms. The molecule has 1 fully saturated rings. The van der Waals surface area contributed by atoms with Gasteiger partial charge in [0, 0.05) is 37.0 Å². The van der Waals surface area contributed by atoms with Crippen molar-refractivity contribution in [1.82, 2.24) is 20.6 Å².